The fourth-order valence-electron chi connectivity index (χ4n) is 2.14. The summed E-state index contributed by atoms with van der Waals surface area (Å²) in [7, 11) is 3.53. The molecule has 0 aliphatic carbocycles. The fraction of sp³-hybridized carbons (Fsp3) is 0.467. The number of benzene rings is 1. The van der Waals surface area contributed by atoms with E-state index in [1.807, 2.05) is 55.4 Å². The molecule has 2 atom stereocenters. The summed E-state index contributed by atoms with van der Waals surface area (Å²) in [5.74, 6) is 0. The van der Waals surface area contributed by atoms with Gasteiger partial charge in [0.15, 0.2) is 0 Å². The molecule has 0 aliphatic rings. The van der Waals surface area contributed by atoms with Crippen molar-refractivity contribution >= 4 is 0 Å². The Hall–Kier alpha value is -1.76. The zero-order valence-electron chi connectivity index (χ0n) is 12.7. The molecular formula is C15H22N4O2. The number of para-hydroxylation sites is 1. The quantitative estimate of drug-likeness (QED) is 0.832. The van der Waals surface area contributed by atoms with Crippen LogP contribution in [0.5, 0.6) is 0 Å². The number of ether oxygens (including phenoxy) is 1. The number of aromatic nitrogens is 3. The Balaban J connectivity index is 2.03. The molecular weight excluding hydrogens is 268 g/mol. The number of aliphatic hydroxyl groups is 1. The van der Waals surface area contributed by atoms with Crippen LogP contribution in [0, 0.1) is 0 Å². The van der Waals surface area contributed by atoms with E-state index in [0.29, 0.717) is 13.2 Å². The summed E-state index contributed by atoms with van der Waals surface area (Å²) in [6, 6.07) is 9.92. The van der Waals surface area contributed by atoms with Crippen molar-refractivity contribution in [3.05, 3.63) is 42.2 Å². The Kier molecular flexibility index (Phi) is 5.44. The average Bonchev–Trinajstić information content (AvgIpc) is 2.97. The topological polar surface area (TPSA) is 63.4 Å². The van der Waals surface area contributed by atoms with Crippen molar-refractivity contribution in [3.8, 4) is 5.69 Å². The molecule has 6 nitrogen and oxygen atoms in total. The molecule has 0 bridgehead atoms. The van der Waals surface area contributed by atoms with Gasteiger partial charge in [0.1, 0.15) is 0 Å². The highest BCUT2D eigenvalue weighted by molar-refractivity contribution is 5.30. The van der Waals surface area contributed by atoms with Gasteiger partial charge < -0.3 is 9.84 Å². The zero-order valence-corrected chi connectivity index (χ0v) is 12.7. The maximum absolute atomic E-state index is 9.79. The molecule has 2 aromatic rings. The van der Waals surface area contributed by atoms with Crippen LogP contribution in [-0.4, -0.2) is 58.4 Å². The van der Waals surface area contributed by atoms with E-state index < -0.39 is 6.10 Å². The first-order chi connectivity index (χ1) is 10.1. The molecule has 2 unspecified atom stereocenters. The highest BCUT2D eigenvalue weighted by Gasteiger charge is 2.18. The molecule has 1 heterocycles. The number of methoxy groups -OCH3 is 1. The third-order valence-electron chi connectivity index (χ3n) is 3.48. The molecule has 0 saturated carbocycles. The van der Waals surface area contributed by atoms with Crippen molar-refractivity contribution in [3.63, 3.8) is 0 Å². The average molecular weight is 290 g/mol. The Morgan fingerprint density at radius 2 is 2.05 bits per heavy atom. The summed E-state index contributed by atoms with van der Waals surface area (Å²) in [4.78, 5) is 2.03. The Morgan fingerprint density at radius 1 is 1.33 bits per heavy atom. The molecule has 0 fully saturated rings. The van der Waals surface area contributed by atoms with E-state index >= 15 is 0 Å². The van der Waals surface area contributed by atoms with Gasteiger partial charge in [-0.05, 0) is 26.1 Å². The normalized spacial score (nSPS) is 14.3. The van der Waals surface area contributed by atoms with E-state index in [0.717, 1.165) is 11.4 Å². The minimum Gasteiger partial charge on any atom is -0.389 e. The molecule has 1 N–H and O–H groups in total. The molecule has 1 aromatic carbocycles. The van der Waals surface area contributed by atoms with Crippen LogP contribution in [0.4, 0.5) is 0 Å². The monoisotopic (exact) mass is 290 g/mol. The van der Waals surface area contributed by atoms with Crippen LogP contribution in [0.15, 0.2) is 36.5 Å². The van der Waals surface area contributed by atoms with Crippen LogP contribution in [0.2, 0.25) is 0 Å². The van der Waals surface area contributed by atoms with Crippen LogP contribution in [0.25, 0.3) is 5.69 Å². The van der Waals surface area contributed by atoms with Gasteiger partial charge in [-0.1, -0.05) is 23.4 Å². The standard InChI is InChI=1S/C15H22N4O2/c1-12(18(2)9-14(20)11-21-3)15-10-19(17-16-15)13-7-5-4-6-8-13/h4-8,10,12,14,20H,9,11H2,1-3H3. The van der Waals surface area contributed by atoms with Crippen LogP contribution in [-0.2, 0) is 4.74 Å². The van der Waals surface area contributed by atoms with Gasteiger partial charge >= 0.3 is 0 Å². The fourth-order valence-corrected chi connectivity index (χ4v) is 2.14. The van der Waals surface area contributed by atoms with Crippen molar-refractivity contribution < 1.29 is 9.84 Å². The molecule has 6 heteroatoms. The van der Waals surface area contributed by atoms with Gasteiger partial charge in [0, 0.05) is 13.7 Å². The SMILES string of the molecule is COCC(O)CN(C)C(C)c1cn(-c2ccccc2)nn1. The van der Waals surface area contributed by atoms with Gasteiger partial charge in [0.2, 0.25) is 0 Å². The van der Waals surface area contributed by atoms with E-state index in [9.17, 15) is 5.11 Å². The van der Waals surface area contributed by atoms with Crippen molar-refractivity contribution in [2.24, 2.45) is 0 Å². The third-order valence-corrected chi connectivity index (χ3v) is 3.48. The Bertz CT molecular complexity index is 544. The molecule has 21 heavy (non-hydrogen) atoms. The second kappa shape index (κ2) is 7.31. The van der Waals surface area contributed by atoms with Crippen LogP contribution >= 0.6 is 0 Å². The van der Waals surface area contributed by atoms with Gasteiger partial charge in [0.25, 0.3) is 0 Å². The van der Waals surface area contributed by atoms with E-state index in [2.05, 4.69) is 10.3 Å². The molecule has 0 saturated heterocycles. The summed E-state index contributed by atoms with van der Waals surface area (Å²) in [6.07, 6.45) is 1.41. The zero-order chi connectivity index (χ0) is 15.2. The largest absolute Gasteiger partial charge is 0.389 e. The summed E-state index contributed by atoms with van der Waals surface area (Å²) < 4.78 is 6.70. The molecule has 0 radical (unpaired) electrons. The third kappa shape index (κ3) is 4.10. The number of hydrogen-bond donors (Lipinski definition) is 1. The van der Waals surface area contributed by atoms with Crippen LogP contribution < -0.4 is 0 Å². The van der Waals surface area contributed by atoms with Crippen molar-refractivity contribution in [1.82, 2.24) is 19.9 Å². The molecule has 0 aliphatic heterocycles. The Morgan fingerprint density at radius 3 is 2.71 bits per heavy atom. The van der Waals surface area contributed by atoms with Crippen molar-refractivity contribution in [1.29, 1.82) is 0 Å². The second-order valence-corrected chi connectivity index (χ2v) is 5.15. The summed E-state index contributed by atoms with van der Waals surface area (Å²) in [5.41, 5.74) is 1.84. The van der Waals surface area contributed by atoms with Gasteiger partial charge in [-0.3, -0.25) is 4.90 Å². The summed E-state index contributed by atoms with van der Waals surface area (Å²) >= 11 is 0. The number of hydrogen-bond acceptors (Lipinski definition) is 5. The second-order valence-electron chi connectivity index (χ2n) is 5.15. The van der Waals surface area contributed by atoms with E-state index in [4.69, 9.17) is 4.74 Å². The smallest absolute Gasteiger partial charge is 0.1000 e. The Labute approximate surface area is 125 Å². The lowest BCUT2D eigenvalue weighted by atomic mass is 10.2. The number of rotatable bonds is 7. The van der Waals surface area contributed by atoms with Gasteiger partial charge in [-0.25, -0.2) is 4.68 Å². The summed E-state index contributed by atoms with van der Waals surface area (Å²) in [6.45, 7) is 2.89. The lowest BCUT2D eigenvalue weighted by Crippen LogP contribution is -2.33. The first-order valence-corrected chi connectivity index (χ1v) is 6.96. The van der Waals surface area contributed by atoms with Gasteiger partial charge in [-0.2, -0.15) is 0 Å². The highest BCUT2D eigenvalue weighted by atomic mass is 16.5. The minimum absolute atomic E-state index is 0.0639. The van der Waals surface area contributed by atoms with Crippen molar-refractivity contribution in [2.75, 3.05) is 27.3 Å². The molecule has 114 valence electrons. The highest BCUT2D eigenvalue weighted by Crippen LogP contribution is 2.17. The predicted octanol–water partition coefficient (Wildman–Crippen LogP) is 1.27. The lowest BCUT2D eigenvalue weighted by molar-refractivity contribution is 0.0353. The van der Waals surface area contributed by atoms with Crippen LogP contribution in [0.1, 0.15) is 18.7 Å². The maximum Gasteiger partial charge on any atom is 0.1000 e. The van der Waals surface area contributed by atoms with Crippen LogP contribution in [0.3, 0.4) is 0 Å². The molecule has 0 spiro atoms. The minimum atomic E-state index is -0.508. The lowest BCUT2D eigenvalue weighted by Gasteiger charge is -2.25. The molecule has 0 amide bonds. The predicted molar refractivity (Wildman–Crippen MR) is 80.3 cm³/mol. The number of aliphatic hydroxyl groups excluding tert-OH is 1. The maximum atomic E-state index is 9.79. The van der Waals surface area contributed by atoms with Gasteiger partial charge in [-0.15, -0.1) is 5.10 Å². The first-order valence-electron chi connectivity index (χ1n) is 6.96. The first kappa shape index (κ1) is 15.6. The van der Waals surface area contributed by atoms with Gasteiger partial charge in [0.05, 0.1) is 36.3 Å². The van der Waals surface area contributed by atoms with E-state index in [1.165, 1.54) is 0 Å². The molecule has 1 aromatic heterocycles. The number of nitrogens with zero attached hydrogens (tertiary/aromatic N) is 4. The number of likely N-dealkylation sites (N-methyl/N-ethyl adjacent to an activating group) is 1. The van der Waals surface area contributed by atoms with E-state index in [1.54, 1.807) is 11.8 Å². The summed E-state index contributed by atoms with van der Waals surface area (Å²) in [5, 5.41) is 18.2. The van der Waals surface area contributed by atoms with E-state index in [-0.39, 0.29) is 6.04 Å². The molecule has 2 rings (SSSR count). The van der Waals surface area contributed by atoms with Crippen molar-refractivity contribution in [2.45, 2.75) is 19.1 Å².